The summed E-state index contributed by atoms with van der Waals surface area (Å²) in [6.07, 6.45) is 2.85. The minimum absolute atomic E-state index is 0.365. The second-order valence-corrected chi connectivity index (χ2v) is 6.85. The smallest absolute Gasteiger partial charge is 0.261 e. The van der Waals surface area contributed by atoms with Crippen molar-refractivity contribution in [2.75, 3.05) is 6.61 Å². The summed E-state index contributed by atoms with van der Waals surface area (Å²) >= 11 is 0. The van der Waals surface area contributed by atoms with Crippen LogP contribution in [0.4, 0.5) is 0 Å². The molecule has 0 aliphatic rings. The zero-order chi connectivity index (χ0) is 20.5. The molecule has 0 spiro atoms. The van der Waals surface area contributed by atoms with Crippen LogP contribution in [0, 0.1) is 0 Å². The van der Waals surface area contributed by atoms with Crippen molar-refractivity contribution < 1.29 is 14.3 Å². The lowest BCUT2D eigenvalue weighted by Gasteiger charge is -2.16. The van der Waals surface area contributed by atoms with Gasteiger partial charge in [0.2, 0.25) is 5.91 Å². The molecule has 3 aromatic carbocycles. The van der Waals surface area contributed by atoms with Gasteiger partial charge in [0.15, 0.2) is 0 Å². The molecule has 4 heteroatoms. The molecule has 148 valence electrons. The van der Waals surface area contributed by atoms with E-state index in [4.69, 9.17) is 4.74 Å². The highest BCUT2D eigenvalue weighted by molar-refractivity contribution is 6.07. The molecular formula is C25H25NO3. The molecule has 0 radical (unpaired) electrons. The van der Waals surface area contributed by atoms with Crippen molar-refractivity contribution in [3.8, 4) is 16.9 Å². The predicted molar refractivity (Wildman–Crippen MR) is 115 cm³/mol. The van der Waals surface area contributed by atoms with Gasteiger partial charge in [0, 0.05) is 12.5 Å². The third-order valence-corrected chi connectivity index (χ3v) is 4.58. The van der Waals surface area contributed by atoms with Crippen LogP contribution in [-0.2, 0) is 11.2 Å². The Morgan fingerprint density at radius 2 is 1.52 bits per heavy atom. The Morgan fingerprint density at radius 3 is 2.21 bits per heavy atom. The Kier molecular flexibility index (Phi) is 7.17. The zero-order valence-corrected chi connectivity index (χ0v) is 16.6. The van der Waals surface area contributed by atoms with Gasteiger partial charge in [-0.2, -0.15) is 0 Å². The molecule has 0 aliphatic carbocycles. The van der Waals surface area contributed by atoms with E-state index in [1.54, 1.807) is 12.1 Å². The van der Waals surface area contributed by atoms with E-state index in [0.29, 0.717) is 17.9 Å². The van der Waals surface area contributed by atoms with Gasteiger partial charge in [-0.25, -0.2) is 0 Å². The van der Waals surface area contributed by atoms with E-state index in [1.807, 2.05) is 54.6 Å². The van der Waals surface area contributed by atoms with E-state index >= 15 is 0 Å². The number of unbranched alkanes of at least 4 members (excludes halogenated alkanes) is 1. The number of imide groups is 1. The Balaban J connectivity index is 1.75. The highest BCUT2D eigenvalue weighted by Gasteiger charge is 2.18. The molecule has 0 aromatic heterocycles. The molecule has 1 N–H and O–H groups in total. The molecule has 4 nitrogen and oxygen atoms in total. The van der Waals surface area contributed by atoms with E-state index in [-0.39, 0.29) is 0 Å². The number of hydrogen-bond acceptors (Lipinski definition) is 3. The molecule has 0 saturated heterocycles. The molecular weight excluding hydrogens is 362 g/mol. The van der Waals surface area contributed by atoms with Crippen LogP contribution < -0.4 is 10.1 Å². The summed E-state index contributed by atoms with van der Waals surface area (Å²) in [5.41, 5.74) is 3.47. The number of hydrogen-bond donors (Lipinski definition) is 1. The molecule has 0 bridgehead atoms. The van der Waals surface area contributed by atoms with Crippen molar-refractivity contribution in [1.82, 2.24) is 5.32 Å². The molecule has 0 unspecified atom stereocenters. The molecule has 0 saturated carbocycles. The summed E-state index contributed by atoms with van der Waals surface area (Å²) in [7, 11) is 0. The number of para-hydroxylation sites is 1. The first-order chi connectivity index (χ1) is 14.1. The van der Waals surface area contributed by atoms with Crippen molar-refractivity contribution in [2.24, 2.45) is 0 Å². The molecule has 0 aliphatic heterocycles. The molecule has 2 amide bonds. The number of rotatable bonds is 8. The van der Waals surface area contributed by atoms with Crippen molar-refractivity contribution in [3.63, 3.8) is 0 Å². The first-order valence-corrected chi connectivity index (χ1v) is 9.82. The van der Waals surface area contributed by atoms with Crippen molar-refractivity contribution in [2.45, 2.75) is 26.2 Å². The molecule has 0 heterocycles. The number of amides is 2. The van der Waals surface area contributed by atoms with Crippen LogP contribution in [0.1, 0.15) is 35.7 Å². The van der Waals surface area contributed by atoms with E-state index in [2.05, 4.69) is 17.4 Å². The molecule has 0 atom stereocenters. The number of nitrogens with one attached hydrogen (secondary N) is 1. The van der Waals surface area contributed by atoms with Crippen LogP contribution in [0.25, 0.3) is 11.1 Å². The predicted octanol–water partition coefficient (Wildman–Crippen LogP) is 5.03. The largest absolute Gasteiger partial charge is 0.492 e. The lowest BCUT2D eigenvalue weighted by molar-refractivity contribution is -0.118. The summed E-state index contributed by atoms with van der Waals surface area (Å²) in [6, 6.07) is 25.6. The van der Waals surface area contributed by atoms with E-state index in [1.165, 1.54) is 12.5 Å². The molecule has 0 fully saturated rings. The van der Waals surface area contributed by atoms with Crippen LogP contribution in [0.2, 0.25) is 0 Å². The summed E-state index contributed by atoms with van der Waals surface area (Å²) < 4.78 is 6.09. The third-order valence-electron chi connectivity index (χ3n) is 4.58. The Labute approximate surface area is 171 Å². The summed E-state index contributed by atoms with van der Waals surface area (Å²) in [5.74, 6) is -0.333. The van der Waals surface area contributed by atoms with Crippen molar-refractivity contribution in [3.05, 3.63) is 90.0 Å². The summed E-state index contributed by atoms with van der Waals surface area (Å²) in [5, 5.41) is 2.34. The molecule has 29 heavy (non-hydrogen) atoms. The standard InChI is InChI=1S/C25H25NO3/c1-19(27)26-25(28)23-17-10-16-22(21-14-6-3-7-15-21)24(23)29-18-9-8-13-20-11-4-2-5-12-20/h2-7,10-12,14-17H,8-9,13,18H2,1H3,(H,26,27,28). The lowest BCUT2D eigenvalue weighted by Crippen LogP contribution is -2.28. The Morgan fingerprint density at radius 1 is 0.828 bits per heavy atom. The average molecular weight is 387 g/mol. The van der Waals surface area contributed by atoms with E-state index < -0.39 is 11.8 Å². The van der Waals surface area contributed by atoms with E-state index in [9.17, 15) is 9.59 Å². The number of aryl methyl sites for hydroxylation is 1. The van der Waals surface area contributed by atoms with Crippen molar-refractivity contribution >= 4 is 11.8 Å². The highest BCUT2D eigenvalue weighted by Crippen LogP contribution is 2.33. The van der Waals surface area contributed by atoms with Gasteiger partial charge >= 0.3 is 0 Å². The number of carbonyl (C=O) groups excluding carboxylic acids is 2. The van der Waals surface area contributed by atoms with Gasteiger partial charge in [0.1, 0.15) is 5.75 Å². The topological polar surface area (TPSA) is 55.4 Å². The summed E-state index contributed by atoms with van der Waals surface area (Å²) in [6.45, 7) is 1.82. The monoisotopic (exact) mass is 387 g/mol. The zero-order valence-electron chi connectivity index (χ0n) is 16.6. The van der Waals surface area contributed by atoms with Crippen LogP contribution in [0.15, 0.2) is 78.9 Å². The van der Waals surface area contributed by atoms with Gasteiger partial charge in [0.25, 0.3) is 5.91 Å². The Hall–Kier alpha value is -3.40. The minimum atomic E-state index is -0.449. The fraction of sp³-hybridized carbons (Fsp3) is 0.200. The van der Waals surface area contributed by atoms with Crippen LogP contribution in [-0.4, -0.2) is 18.4 Å². The van der Waals surface area contributed by atoms with Crippen LogP contribution >= 0.6 is 0 Å². The van der Waals surface area contributed by atoms with E-state index in [0.717, 1.165) is 30.4 Å². The van der Waals surface area contributed by atoms with Gasteiger partial charge in [-0.3, -0.25) is 14.9 Å². The third kappa shape index (κ3) is 5.79. The SMILES string of the molecule is CC(=O)NC(=O)c1cccc(-c2ccccc2)c1OCCCCc1ccccc1. The first kappa shape index (κ1) is 20.3. The maximum atomic E-state index is 12.5. The second-order valence-electron chi connectivity index (χ2n) is 6.85. The van der Waals surface area contributed by atoms with Gasteiger partial charge in [-0.05, 0) is 36.5 Å². The van der Waals surface area contributed by atoms with Gasteiger partial charge in [0.05, 0.1) is 12.2 Å². The highest BCUT2D eigenvalue weighted by atomic mass is 16.5. The van der Waals surface area contributed by atoms with Crippen LogP contribution in [0.5, 0.6) is 5.75 Å². The summed E-state index contributed by atoms with van der Waals surface area (Å²) in [4.78, 5) is 23.9. The first-order valence-electron chi connectivity index (χ1n) is 9.82. The quantitative estimate of drug-likeness (QED) is 0.552. The number of benzene rings is 3. The van der Waals surface area contributed by atoms with Gasteiger partial charge in [-0.15, -0.1) is 0 Å². The number of carbonyl (C=O) groups is 2. The maximum absolute atomic E-state index is 12.5. The average Bonchev–Trinajstić information content (AvgIpc) is 2.74. The molecule has 3 aromatic rings. The minimum Gasteiger partial charge on any atom is -0.492 e. The fourth-order valence-corrected chi connectivity index (χ4v) is 3.19. The van der Waals surface area contributed by atoms with Gasteiger partial charge in [-0.1, -0.05) is 72.8 Å². The molecule has 3 rings (SSSR count). The van der Waals surface area contributed by atoms with Crippen molar-refractivity contribution in [1.29, 1.82) is 0 Å². The van der Waals surface area contributed by atoms with Crippen LogP contribution in [0.3, 0.4) is 0 Å². The lowest BCUT2D eigenvalue weighted by atomic mass is 10.0. The van der Waals surface area contributed by atoms with Gasteiger partial charge < -0.3 is 4.74 Å². The Bertz CT molecular complexity index is 952. The second kappa shape index (κ2) is 10.2. The number of ether oxygens (including phenoxy) is 1. The fourth-order valence-electron chi connectivity index (χ4n) is 3.19. The normalized spacial score (nSPS) is 10.4. The maximum Gasteiger partial charge on any atom is 0.261 e.